The summed E-state index contributed by atoms with van der Waals surface area (Å²) in [4.78, 5) is 1.38. The molecule has 1 unspecified atom stereocenters. The molecule has 1 aromatic carbocycles. The molecule has 2 aromatic rings. The van der Waals surface area contributed by atoms with Crippen LogP contribution in [-0.4, -0.2) is 13.7 Å². The van der Waals surface area contributed by atoms with Crippen molar-refractivity contribution in [2.75, 3.05) is 13.7 Å². The zero-order valence-corrected chi connectivity index (χ0v) is 11.9. The maximum absolute atomic E-state index is 5.31. The zero-order valence-electron chi connectivity index (χ0n) is 11.1. The molecule has 0 aliphatic heterocycles. The van der Waals surface area contributed by atoms with E-state index in [2.05, 4.69) is 42.7 Å². The molecule has 1 atom stereocenters. The molecule has 0 aliphatic carbocycles. The second-order valence-electron chi connectivity index (χ2n) is 4.24. The van der Waals surface area contributed by atoms with Gasteiger partial charge in [-0.05, 0) is 48.2 Å². The van der Waals surface area contributed by atoms with Gasteiger partial charge < -0.3 is 10.1 Å². The van der Waals surface area contributed by atoms with Crippen LogP contribution in [0.1, 0.15) is 29.0 Å². The Labute approximate surface area is 113 Å². The van der Waals surface area contributed by atoms with Crippen LogP contribution in [0.15, 0.2) is 35.7 Å². The van der Waals surface area contributed by atoms with Gasteiger partial charge in [-0.3, -0.25) is 0 Å². The highest BCUT2D eigenvalue weighted by atomic mass is 32.1. The Morgan fingerprint density at radius 3 is 2.78 bits per heavy atom. The summed E-state index contributed by atoms with van der Waals surface area (Å²) in [5, 5.41) is 5.70. The molecule has 0 fully saturated rings. The molecule has 1 N–H and O–H groups in total. The predicted molar refractivity (Wildman–Crippen MR) is 77.6 cm³/mol. The van der Waals surface area contributed by atoms with E-state index in [4.69, 9.17) is 4.74 Å². The number of methoxy groups -OCH3 is 1. The van der Waals surface area contributed by atoms with Crippen molar-refractivity contribution in [1.82, 2.24) is 5.32 Å². The number of hydrogen-bond donors (Lipinski definition) is 1. The number of rotatable bonds is 5. The van der Waals surface area contributed by atoms with Crippen LogP contribution in [0.3, 0.4) is 0 Å². The Morgan fingerprint density at radius 2 is 2.17 bits per heavy atom. The smallest absolute Gasteiger partial charge is 0.119 e. The number of hydrogen-bond acceptors (Lipinski definition) is 3. The molecule has 18 heavy (non-hydrogen) atoms. The van der Waals surface area contributed by atoms with Gasteiger partial charge in [-0.15, -0.1) is 11.3 Å². The molecule has 1 aromatic heterocycles. The predicted octanol–water partition coefficient (Wildman–Crippen LogP) is 3.76. The van der Waals surface area contributed by atoms with Gasteiger partial charge >= 0.3 is 0 Å². The van der Waals surface area contributed by atoms with Gasteiger partial charge in [0.25, 0.3) is 0 Å². The van der Waals surface area contributed by atoms with Crippen molar-refractivity contribution < 1.29 is 4.74 Å². The second kappa shape index (κ2) is 6.03. The normalized spacial score (nSPS) is 12.4. The molecule has 3 heteroatoms. The van der Waals surface area contributed by atoms with E-state index in [0.717, 1.165) is 12.3 Å². The highest BCUT2D eigenvalue weighted by molar-refractivity contribution is 7.10. The van der Waals surface area contributed by atoms with E-state index >= 15 is 0 Å². The topological polar surface area (TPSA) is 21.3 Å². The maximum atomic E-state index is 5.31. The van der Waals surface area contributed by atoms with Crippen molar-refractivity contribution in [2.45, 2.75) is 19.9 Å². The van der Waals surface area contributed by atoms with Crippen LogP contribution in [0.25, 0.3) is 0 Å². The van der Waals surface area contributed by atoms with Gasteiger partial charge in [-0.25, -0.2) is 0 Å². The van der Waals surface area contributed by atoms with E-state index in [1.165, 1.54) is 16.0 Å². The van der Waals surface area contributed by atoms with E-state index in [9.17, 15) is 0 Å². The summed E-state index contributed by atoms with van der Waals surface area (Å²) in [5.74, 6) is 0.907. The maximum Gasteiger partial charge on any atom is 0.119 e. The fourth-order valence-electron chi connectivity index (χ4n) is 2.07. The third-order valence-corrected chi connectivity index (χ3v) is 4.08. The van der Waals surface area contributed by atoms with Gasteiger partial charge in [0.2, 0.25) is 0 Å². The molecule has 0 aliphatic rings. The summed E-state index contributed by atoms with van der Waals surface area (Å²) in [6.07, 6.45) is 0. The van der Waals surface area contributed by atoms with Crippen LogP contribution >= 0.6 is 11.3 Å². The van der Waals surface area contributed by atoms with Gasteiger partial charge in [0, 0.05) is 4.88 Å². The lowest BCUT2D eigenvalue weighted by atomic mass is 10.0. The minimum absolute atomic E-state index is 0.255. The summed E-state index contributed by atoms with van der Waals surface area (Å²) < 4.78 is 5.31. The van der Waals surface area contributed by atoms with Gasteiger partial charge in [0.15, 0.2) is 0 Å². The molecule has 0 spiro atoms. The largest absolute Gasteiger partial charge is 0.497 e. The van der Waals surface area contributed by atoms with Crippen molar-refractivity contribution in [3.63, 3.8) is 0 Å². The number of aryl methyl sites for hydroxylation is 1. The van der Waals surface area contributed by atoms with Gasteiger partial charge in [-0.2, -0.15) is 0 Å². The SMILES string of the molecule is CCNC(c1cccc(OC)c1)c1sccc1C. The minimum Gasteiger partial charge on any atom is -0.497 e. The van der Waals surface area contributed by atoms with Crippen molar-refractivity contribution in [2.24, 2.45) is 0 Å². The van der Waals surface area contributed by atoms with Crippen molar-refractivity contribution >= 4 is 11.3 Å². The third kappa shape index (κ3) is 2.74. The van der Waals surface area contributed by atoms with Gasteiger partial charge in [-0.1, -0.05) is 19.1 Å². The average Bonchev–Trinajstić information content (AvgIpc) is 2.82. The summed E-state index contributed by atoms with van der Waals surface area (Å²) in [5.41, 5.74) is 2.59. The Kier molecular flexibility index (Phi) is 4.39. The first-order valence-electron chi connectivity index (χ1n) is 6.17. The van der Waals surface area contributed by atoms with Crippen molar-refractivity contribution in [3.8, 4) is 5.75 Å². The quantitative estimate of drug-likeness (QED) is 0.884. The van der Waals surface area contributed by atoms with E-state index in [1.54, 1.807) is 18.4 Å². The molecule has 0 saturated heterocycles. The van der Waals surface area contributed by atoms with E-state index < -0.39 is 0 Å². The molecular weight excluding hydrogens is 242 g/mol. The fraction of sp³-hybridized carbons (Fsp3) is 0.333. The summed E-state index contributed by atoms with van der Waals surface area (Å²) in [6.45, 7) is 5.24. The number of nitrogens with one attached hydrogen (secondary N) is 1. The molecule has 0 amide bonds. The Morgan fingerprint density at radius 1 is 1.33 bits per heavy atom. The van der Waals surface area contributed by atoms with Gasteiger partial charge in [0.1, 0.15) is 5.75 Å². The first-order valence-corrected chi connectivity index (χ1v) is 7.05. The highest BCUT2D eigenvalue weighted by Gasteiger charge is 2.16. The van der Waals surface area contributed by atoms with Crippen LogP contribution in [0.4, 0.5) is 0 Å². The monoisotopic (exact) mass is 261 g/mol. The molecule has 0 radical (unpaired) electrons. The number of benzene rings is 1. The molecule has 2 rings (SSSR count). The molecule has 2 nitrogen and oxygen atoms in total. The van der Waals surface area contributed by atoms with Crippen LogP contribution in [0, 0.1) is 6.92 Å². The lowest BCUT2D eigenvalue weighted by Gasteiger charge is -2.18. The Bertz CT molecular complexity index is 507. The van der Waals surface area contributed by atoms with Crippen LogP contribution < -0.4 is 10.1 Å². The van der Waals surface area contributed by atoms with Crippen LogP contribution in [0.2, 0.25) is 0 Å². The molecule has 1 heterocycles. The first kappa shape index (κ1) is 13.1. The fourth-order valence-corrected chi connectivity index (χ4v) is 3.10. The second-order valence-corrected chi connectivity index (χ2v) is 5.18. The third-order valence-electron chi connectivity index (χ3n) is 3.00. The summed E-state index contributed by atoms with van der Waals surface area (Å²) in [7, 11) is 1.71. The standard InChI is InChI=1S/C15H19NOS/c1-4-16-14(15-11(2)8-9-18-15)12-6-5-7-13(10-12)17-3/h5-10,14,16H,4H2,1-3H3. The average molecular weight is 261 g/mol. The van der Waals surface area contributed by atoms with Crippen LogP contribution in [-0.2, 0) is 0 Å². The minimum atomic E-state index is 0.255. The molecular formula is C15H19NOS. The lowest BCUT2D eigenvalue weighted by Crippen LogP contribution is -2.21. The van der Waals surface area contributed by atoms with E-state index in [1.807, 2.05) is 12.1 Å². The van der Waals surface area contributed by atoms with E-state index in [0.29, 0.717) is 0 Å². The van der Waals surface area contributed by atoms with Crippen molar-refractivity contribution in [1.29, 1.82) is 0 Å². The van der Waals surface area contributed by atoms with Crippen molar-refractivity contribution in [3.05, 3.63) is 51.7 Å². The summed E-state index contributed by atoms with van der Waals surface area (Å²) in [6, 6.07) is 10.7. The lowest BCUT2D eigenvalue weighted by molar-refractivity contribution is 0.413. The molecule has 0 saturated carbocycles. The summed E-state index contributed by atoms with van der Waals surface area (Å²) >= 11 is 1.80. The zero-order chi connectivity index (χ0) is 13.0. The van der Waals surface area contributed by atoms with Gasteiger partial charge in [0.05, 0.1) is 13.2 Å². The van der Waals surface area contributed by atoms with Crippen LogP contribution in [0.5, 0.6) is 5.75 Å². The first-order chi connectivity index (χ1) is 8.76. The number of ether oxygens (including phenoxy) is 1. The number of thiophene rings is 1. The molecule has 0 bridgehead atoms. The highest BCUT2D eigenvalue weighted by Crippen LogP contribution is 2.30. The molecule has 96 valence electrons. The Hall–Kier alpha value is -1.32. The van der Waals surface area contributed by atoms with E-state index in [-0.39, 0.29) is 6.04 Å². The Balaban J connectivity index is 2.38.